The molecule has 1 aliphatic carbocycles. The van der Waals surface area contributed by atoms with Crippen LogP contribution in [0.15, 0.2) is 41.1 Å². The molecular weight excluding hydrogens is 332 g/mol. The van der Waals surface area contributed by atoms with Crippen LogP contribution in [-0.2, 0) is 16.1 Å². The number of ether oxygens (including phenoxy) is 2. The fourth-order valence-corrected chi connectivity index (χ4v) is 3.95. The normalized spacial score (nSPS) is 25.3. The zero-order valence-electron chi connectivity index (χ0n) is 15.0. The monoisotopic (exact) mass is 356 g/mol. The fourth-order valence-electron chi connectivity index (χ4n) is 3.95. The molecule has 0 spiro atoms. The highest BCUT2D eigenvalue weighted by Crippen LogP contribution is 2.35. The highest BCUT2D eigenvalue weighted by atomic mass is 16.5. The minimum Gasteiger partial charge on any atom is -0.456 e. The zero-order chi connectivity index (χ0) is 17.9. The van der Waals surface area contributed by atoms with Crippen molar-refractivity contribution in [3.8, 4) is 0 Å². The number of hydrogen-bond acceptors (Lipinski definition) is 5. The SMILES string of the molecule is Cc1ccc(C(=O)N2CCO[C@@H]3C[C@@H](COCc4ccncc4)C[C@H]32)o1. The van der Waals surface area contributed by atoms with Crippen LogP contribution in [0.25, 0.3) is 0 Å². The topological polar surface area (TPSA) is 64.8 Å². The number of carbonyl (C=O) groups is 1. The van der Waals surface area contributed by atoms with Crippen LogP contribution in [0.2, 0.25) is 0 Å². The molecule has 0 unspecified atom stereocenters. The van der Waals surface area contributed by atoms with E-state index in [1.807, 2.05) is 30.0 Å². The molecular formula is C20H24N2O4. The smallest absolute Gasteiger partial charge is 0.289 e. The molecule has 6 heteroatoms. The van der Waals surface area contributed by atoms with Crippen molar-refractivity contribution in [3.05, 3.63) is 53.7 Å². The Hall–Kier alpha value is -2.18. The van der Waals surface area contributed by atoms with E-state index in [0.717, 1.165) is 24.2 Å². The van der Waals surface area contributed by atoms with Crippen molar-refractivity contribution < 1.29 is 18.7 Å². The molecule has 2 fully saturated rings. The fraction of sp³-hybridized carbons (Fsp3) is 0.500. The number of pyridine rings is 1. The van der Waals surface area contributed by atoms with E-state index in [2.05, 4.69) is 4.98 Å². The Kier molecular flexibility index (Phi) is 5.04. The number of fused-ring (bicyclic) bond motifs is 1. The van der Waals surface area contributed by atoms with Gasteiger partial charge in [0, 0.05) is 18.9 Å². The summed E-state index contributed by atoms with van der Waals surface area (Å²) in [6, 6.07) is 7.62. The number of aromatic nitrogens is 1. The largest absolute Gasteiger partial charge is 0.456 e. The van der Waals surface area contributed by atoms with Gasteiger partial charge in [0.2, 0.25) is 0 Å². The molecule has 1 amide bonds. The molecule has 1 saturated heterocycles. The molecule has 6 nitrogen and oxygen atoms in total. The maximum atomic E-state index is 12.8. The lowest BCUT2D eigenvalue weighted by atomic mass is 10.1. The van der Waals surface area contributed by atoms with Crippen molar-refractivity contribution in [1.82, 2.24) is 9.88 Å². The summed E-state index contributed by atoms with van der Waals surface area (Å²) in [7, 11) is 0. The summed E-state index contributed by atoms with van der Waals surface area (Å²) in [6.45, 7) is 4.32. The highest BCUT2D eigenvalue weighted by molar-refractivity contribution is 5.92. The molecule has 2 aromatic rings. The second-order valence-electron chi connectivity index (χ2n) is 7.09. The van der Waals surface area contributed by atoms with Gasteiger partial charge in [-0.25, -0.2) is 0 Å². The predicted octanol–water partition coefficient (Wildman–Crippen LogP) is 2.82. The summed E-state index contributed by atoms with van der Waals surface area (Å²) >= 11 is 0. The summed E-state index contributed by atoms with van der Waals surface area (Å²) in [5, 5.41) is 0. The van der Waals surface area contributed by atoms with Gasteiger partial charge >= 0.3 is 0 Å². The molecule has 2 aromatic heterocycles. The summed E-state index contributed by atoms with van der Waals surface area (Å²) in [5.74, 6) is 1.54. The van der Waals surface area contributed by atoms with Crippen LogP contribution < -0.4 is 0 Å². The lowest BCUT2D eigenvalue weighted by Gasteiger charge is -2.37. The van der Waals surface area contributed by atoms with Gasteiger partial charge in [-0.2, -0.15) is 0 Å². The first-order valence-electron chi connectivity index (χ1n) is 9.16. The molecule has 1 aliphatic heterocycles. The van der Waals surface area contributed by atoms with Gasteiger partial charge < -0.3 is 18.8 Å². The molecule has 3 heterocycles. The molecule has 2 aliphatic rings. The van der Waals surface area contributed by atoms with Crippen molar-refractivity contribution in [1.29, 1.82) is 0 Å². The first kappa shape index (κ1) is 17.2. The van der Waals surface area contributed by atoms with Crippen LogP contribution in [0.5, 0.6) is 0 Å². The van der Waals surface area contributed by atoms with E-state index in [0.29, 0.717) is 38.0 Å². The van der Waals surface area contributed by atoms with Crippen molar-refractivity contribution in [2.75, 3.05) is 19.8 Å². The van der Waals surface area contributed by atoms with E-state index in [4.69, 9.17) is 13.9 Å². The molecule has 0 N–H and O–H groups in total. The number of rotatable bonds is 5. The Morgan fingerprint density at radius 3 is 2.88 bits per heavy atom. The van der Waals surface area contributed by atoms with E-state index in [1.165, 1.54) is 0 Å². The lowest BCUT2D eigenvalue weighted by molar-refractivity contribution is -0.0459. The summed E-state index contributed by atoms with van der Waals surface area (Å²) in [5.41, 5.74) is 1.12. The average Bonchev–Trinajstić information content (AvgIpc) is 3.27. The molecule has 26 heavy (non-hydrogen) atoms. The molecule has 4 rings (SSSR count). The van der Waals surface area contributed by atoms with E-state index in [-0.39, 0.29) is 18.1 Å². The maximum Gasteiger partial charge on any atom is 0.289 e. The third-order valence-electron chi connectivity index (χ3n) is 5.22. The lowest BCUT2D eigenvalue weighted by Crippen LogP contribution is -2.51. The van der Waals surface area contributed by atoms with Crippen molar-refractivity contribution in [2.45, 2.75) is 38.5 Å². The molecule has 3 atom stereocenters. The molecule has 0 radical (unpaired) electrons. The Bertz CT molecular complexity index is 745. The van der Waals surface area contributed by atoms with Gasteiger partial charge in [0.25, 0.3) is 5.91 Å². The summed E-state index contributed by atoms with van der Waals surface area (Å²) < 4.78 is 17.3. The van der Waals surface area contributed by atoms with Gasteiger partial charge in [-0.1, -0.05) is 0 Å². The third-order valence-corrected chi connectivity index (χ3v) is 5.22. The van der Waals surface area contributed by atoms with Gasteiger partial charge in [-0.3, -0.25) is 9.78 Å². The number of furan rings is 1. The van der Waals surface area contributed by atoms with E-state index in [9.17, 15) is 4.79 Å². The number of aryl methyl sites for hydroxylation is 1. The predicted molar refractivity (Wildman–Crippen MR) is 94.6 cm³/mol. The summed E-state index contributed by atoms with van der Waals surface area (Å²) in [6.07, 6.45) is 5.49. The van der Waals surface area contributed by atoms with E-state index < -0.39 is 0 Å². The first-order valence-corrected chi connectivity index (χ1v) is 9.16. The van der Waals surface area contributed by atoms with Crippen LogP contribution in [0.1, 0.15) is 34.7 Å². The Morgan fingerprint density at radius 2 is 2.12 bits per heavy atom. The van der Waals surface area contributed by atoms with E-state index >= 15 is 0 Å². The van der Waals surface area contributed by atoms with Crippen LogP contribution in [0.4, 0.5) is 0 Å². The number of nitrogens with zero attached hydrogens (tertiary/aromatic N) is 2. The van der Waals surface area contributed by atoms with Gasteiger partial charge in [0.15, 0.2) is 5.76 Å². The standard InChI is InChI=1S/C20H24N2O4/c1-14-2-3-18(26-14)20(23)22-8-9-25-19-11-16(10-17(19)22)13-24-12-15-4-6-21-7-5-15/h2-7,16-17,19H,8-13H2,1H3/t16-,17+,19+/m0/s1. The number of carbonyl (C=O) groups excluding carboxylic acids is 1. The third kappa shape index (κ3) is 3.66. The van der Waals surface area contributed by atoms with Crippen molar-refractivity contribution in [3.63, 3.8) is 0 Å². The molecule has 0 aromatic carbocycles. The van der Waals surface area contributed by atoms with Crippen molar-refractivity contribution in [2.24, 2.45) is 5.92 Å². The van der Waals surface area contributed by atoms with Crippen LogP contribution in [-0.4, -0.2) is 47.7 Å². The summed E-state index contributed by atoms with van der Waals surface area (Å²) in [4.78, 5) is 18.7. The van der Waals surface area contributed by atoms with Crippen LogP contribution in [0, 0.1) is 12.8 Å². The molecule has 138 valence electrons. The maximum absolute atomic E-state index is 12.8. The number of amides is 1. The van der Waals surface area contributed by atoms with Gasteiger partial charge in [-0.05, 0) is 55.5 Å². The second-order valence-corrected chi connectivity index (χ2v) is 7.09. The van der Waals surface area contributed by atoms with Gasteiger partial charge in [-0.15, -0.1) is 0 Å². The Morgan fingerprint density at radius 1 is 1.27 bits per heavy atom. The van der Waals surface area contributed by atoms with Gasteiger partial charge in [0.05, 0.1) is 32.0 Å². The number of morpholine rings is 1. The minimum absolute atomic E-state index is 0.0326. The molecule has 1 saturated carbocycles. The van der Waals surface area contributed by atoms with Crippen LogP contribution in [0.3, 0.4) is 0 Å². The average molecular weight is 356 g/mol. The highest BCUT2D eigenvalue weighted by Gasteiger charge is 2.43. The quantitative estimate of drug-likeness (QED) is 0.824. The second kappa shape index (κ2) is 7.60. The zero-order valence-corrected chi connectivity index (χ0v) is 15.0. The van der Waals surface area contributed by atoms with Crippen LogP contribution >= 0.6 is 0 Å². The van der Waals surface area contributed by atoms with Crippen molar-refractivity contribution >= 4 is 5.91 Å². The Labute approximate surface area is 153 Å². The minimum atomic E-state index is -0.0326. The molecule has 0 bridgehead atoms. The van der Waals surface area contributed by atoms with Gasteiger partial charge in [0.1, 0.15) is 5.76 Å². The first-order chi connectivity index (χ1) is 12.7. The number of hydrogen-bond donors (Lipinski definition) is 0. The Balaban J connectivity index is 1.34. The van der Waals surface area contributed by atoms with E-state index in [1.54, 1.807) is 18.5 Å².